The molecule has 0 aliphatic rings. The van der Waals surface area contributed by atoms with E-state index in [1.54, 1.807) is 24.3 Å². The van der Waals surface area contributed by atoms with Gasteiger partial charge in [0.2, 0.25) is 0 Å². The van der Waals surface area contributed by atoms with Gasteiger partial charge in [-0.25, -0.2) is 0 Å². The second-order valence-corrected chi connectivity index (χ2v) is 9.30. The van der Waals surface area contributed by atoms with Crippen molar-refractivity contribution in [3.05, 3.63) is 46.5 Å². The van der Waals surface area contributed by atoms with E-state index in [1.165, 1.54) is 14.2 Å². The highest BCUT2D eigenvalue weighted by Crippen LogP contribution is 2.31. The summed E-state index contributed by atoms with van der Waals surface area (Å²) in [7, 11) is 3.06. The van der Waals surface area contributed by atoms with Crippen LogP contribution in [0.2, 0.25) is 0 Å². The number of benzene rings is 2. The minimum atomic E-state index is 0.404. The molecule has 0 N–H and O–H groups in total. The fraction of sp³-hybridized carbons (Fsp3) is 0.500. The van der Waals surface area contributed by atoms with Gasteiger partial charge in [-0.3, -0.25) is 9.59 Å². The molecule has 0 bridgehead atoms. The first kappa shape index (κ1) is 30.8. The molecule has 1 atom stereocenters. The Morgan fingerprint density at radius 3 is 1.92 bits per heavy atom. The molecule has 0 saturated carbocycles. The number of ether oxygens (including phenoxy) is 4. The Kier molecular flexibility index (Phi) is 13.9. The van der Waals surface area contributed by atoms with E-state index in [0.29, 0.717) is 64.4 Å². The smallest absolute Gasteiger partial charge is 0.153 e. The Morgan fingerprint density at radius 2 is 1.32 bits per heavy atom. The van der Waals surface area contributed by atoms with E-state index in [1.807, 2.05) is 0 Å². The maximum absolute atomic E-state index is 11.7. The second-order valence-electron chi connectivity index (χ2n) is 9.30. The number of aldehydes is 2. The Bertz CT molecular complexity index is 1100. The second kappa shape index (κ2) is 17.1. The van der Waals surface area contributed by atoms with Crippen LogP contribution in [0.1, 0.15) is 104 Å². The number of hydrogen-bond acceptors (Lipinski definition) is 6. The van der Waals surface area contributed by atoms with Crippen molar-refractivity contribution in [2.45, 2.75) is 72.1 Å². The van der Waals surface area contributed by atoms with Gasteiger partial charge in [0.05, 0.1) is 49.7 Å². The standard InChI is InChI=1S/C32H42O6/c1-6-9-11-12-16-37-32-18-25(29(35-4)19-28(32)22-34)14-15-26-17-30(36-5)27(21-33)20-31(26)38-23-24(8-3)13-10-7-2/h17-22,24H,6-13,16,23H2,1-5H3. The molecule has 2 aromatic rings. The van der Waals surface area contributed by atoms with Gasteiger partial charge in [-0.1, -0.05) is 71.1 Å². The zero-order valence-electron chi connectivity index (χ0n) is 23.6. The van der Waals surface area contributed by atoms with E-state index in [0.717, 1.165) is 63.9 Å². The first-order valence-electron chi connectivity index (χ1n) is 13.7. The van der Waals surface area contributed by atoms with Crippen molar-refractivity contribution in [1.82, 2.24) is 0 Å². The molecular formula is C32H42O6. The minimum absolute atomic E-state index is 0.404. The lowest BCUT2D eigenvalue weighted by Crippen LogP contribution is -2.12. The third-order valence-electron chi connectivity index (χ3n) is 6.52. The van der Waals surface area contributed by atoms with Gasteiger partial charge in [0.1, 0.15) is 23.0 Å². The molecule has 6 nitrogen and oxygen atoms in total. The largest absolute Gasteiger partial charge is 0.496 e. The van der Waals surface area contributed by atoms with E-state index in [2.05, 4.69) is 32.6 Å². The molecule has 2 rings (SSSR count). The molecule has 2 aromatic carbocycles. The monoisotopic (exact) mass is 522 g/mol. The molecule has 0 radical (unpaired) electrons. The van der Waals surface area contributed by atoms with E-state index in [9.17, 15) is 9.59 Å². The van der Waals surface area contributed by atoms with E-state index in [-0.39, 0.29) is 0 Å². The molecular weight excluding hydrogens is 480 g/mol. The maximum atomic E-state index is 11.7. The van der Waals surface area contributed by atoms with Crippen LogP contribution in [-0.2, 0) is 0 Å². The number of carbonyl (C=O) groups is 2. The van der Waals surface area contributed by atoms with Gasteiger partial charge in [0, 0.05) is 12.1 Å². The summed E-state index contributed by atoms with van der Waals surface area (Å²) in [5, 5.41) is 0. The van der Waals surface area contributed by atoms with Gasteiger partial charge in [-0.15, -0.1) is 0 Å². The van der Waals surface area contributed by atoms with Crippen LogP contribution in [0.15, 0.2) is 24.3 Å². The van der Waals surface area contributed by atoms with E-state index >= 15 is 0 Å². The van der Waals surface area contributed by atoms with Crippen LogP contribution >= 0.6 is 0 Å². The minimum Gasteiger partial charge on any atom is -0.496 e. The molecule has 0 aliphatic carbocycles. The molecule has 0 amide bonds. The molecule has 0 heterocycles. The first-order valence-corrected chi connectivity index (χ1v) is 13.7. The molecule has 0 aliphatic heterocycles. The fourth-order valence-electron chi connectivity index (χ4n) is 4.07. The summed E-state index contributed by atoms with van der Waals surface area (Å²) in [6, 6.07) is 6.78. The van der Waals surface area contributed by atoms with Crippen molar-refractivity contribution >= 4 is 12.6 Å². The highest BCUT2D eigenvalue weighted by atomic mass is 16.5. The van der Waals surface area contributed by atoms with Gasteiger partial charge < -0.3 is 18.9 Å². The summed E-state index contributed by atoms with van der Waals surface area (Å²) in [5.74, 6) is 8.66. The summed E-state index contributed by atoms with van der Waals surface area (Å²) in [4.78, 5) is 23.3. The van der Waals surface area contributed by atoms with Crippen LogP contribution in [0.4, 0.5) is 0 Å². The van der Waals surface area contributed by atoms with Gasteiger partial charge >= 0.3 is 0 Å². The average Bonchev–Trinajstić information content (AvgIpc) is 2.95. The molecule has 38 heavy (non-hydrogen) atoms. The SMILES string of the molecule is CCCCCCOc1cc(C#Cc2cc(OC)c(C=O)cc2OCC(CC)CCCC)c(OC)cc1C=O. The Balaban J connectivity index is 2.42. The predicted octanol–water partition coefficient (Wildman–Crippen LogP) is 7.28. The molecule has 1 unspecified atom stereocenters. The van der Waals surface area contributed by atoms with Crippen molar-refractivity contribution in [2.24, 2.45) is 5.92 Å². The molecule has 0 saturated heterocycles. The predicted molar refractivity (Wildman–Crippen MR) is 151 cm³/mol. The van der Waals surface area contributed by atoms with Crippen molar-refractivity contribution in [2.75, 3.05) is 27.4 Å². The molecule has 0 aromatic heterocycles. The van der Waals surface area contributed by atoms with Crippen LogP contribution in [0.3, 0.4) is 0 Å². The summed E-state index contributed by atoms with van der Waals surface area (Å²) in [5.41, 5.74) is 2.00. The Hall–Kier alpha value is -3.46. The Morgan fingerprint density at radius 1 is 0.711 bits per heavy atom. The normalized spacial score (nSPS) is 11.2. The van der Waals surface area contributed by atoms with E-state index < -0.39 is 0 Å². The average molecular weight is 523 g/mol. The van der Waals surface area contributed by atoms with Crippen molar-refractivity contribution in [3.8, 4) is 34.8 Å². The molecule has 6 heteroatoms. The van der Waals surface area contributed by atoms with Crippen LogP contribution in [0, 0.1) is 17.8 Å². The summed E-state index contributed by atoms with van der Waals surface area (Å²) in [6.45, 7) is 7.57. The summed E-state index contributed by atoms with van der Waals surface area (Å²) in [6.07, 6.45) is 10.2. The van der Waals surface area contributed by atoms with Crippen molar-refractivity contribution in [3.63, 3.8) is 0 Å². The van der Waals surface area contributed by atoms with Gasteiger partial charge in [-0.05, 0) is 30.9 Å². The highest BCUT2D eigenvalue weighted by molar-refractivity contribution is 5.82. The molecule has 206 valence electrons. The maximum Gasteiger partial charge on any atom is 0.153 e. The van der Waals surface area contributed by atoms with Crippen molar-refractivity contribution in [1.29, 1.82) is 0 Å². The lowest BCUT2D eigenvalue weighted by Gasteiger charge is -2.17. The van der Waals surface area contributed by atoms with Crippen LogP contribution < -0.4 is 18.9 Å². The zero-order valence-corrected chi connectivity index (χ0v) is 23.6. The lowest BCUT2D eigenvalue weighted by atomic mass is 10.0. The highest BCUT2D eigenvalue weighted by Gasteiger charge is 2.14. The number of methoxy groups -OCH3 is 2. The van der Waals surface area contributed by atoms with Gasteiger partial charge in [-0.2, -0.15) is 0 Å². The summed E-state index contributed by atoms with van der Waals surface area (Å²) < 4.78 is 23.1. The van der Waals surface area contributed by atoms with Gasteiger partial charge in [0.15, 0.2) is 12.6 Å². The summed E-state index contributed by atoms with van der Waals surface area (Å²) >= 11 is 0. The van der Waals surface area contributed by atoms with Crippen LogP contribution in [0.25, 0.3) is 0 Å². The van der Waals surface area contributed by atoms with Crippen LogP contribution in [-0.4, -0.2) is 40.0 Å². The van der Waals surface area contributed by atoms with Crippen molar-refractivity contribution < 1.29 is 28.5 Å². The third kappa shape index (κ3) is 9.13. The fourth-order valence-corrected chi connectivity index (χ4v) is 4.07. The quantitative estimate of drug-likeness (QED) is 0.123. The zero-order chi connectivity index (χ0) is 27.8. The first-order chi connectivity index (χ1) is 18.5. The van der Waals surface area contributed by atoms with Gasteiger partial charge in [0.25, 0.3) is 0 Å². The third-order valence-corrected chi connectivity index (χ3v) is 6.52. The number of hydrogen-bond donors (Lipinski definition) is 0. The van der Waals surface area contributed by atoms with Crippen LogP contribution in [0.5, 0.6) is 23.0 Å². The molecule has 0 fully saturated rings. The Labute approximate surface area is 228 Å². The topological polar surface area (TPSA) is 71.1 Å². The number of carbonyl (C=O) groups excluding carboxylic acids is 2. The molecule has 0 spiro atoms. The lowest BCUT2D eigenvalue weighted by molar-refractivity contribution is 0.111. The number of rotatable bonds is 17. The number of unbranched alkanes of at least 4 members (excludes halogenated alkanes) is 4. The van der Waals surface area contributed by atoms with E-state index in [4.69, 9.17) is 18.9 Å².